The fraction of sp³-hybridized carbons (Fsp3) is 0.538. The predicted octanol–water partition coefficient (Wildman–Crippen LogP) is 3.21. The van der Waals surface area contributed by atoms with Gasteiger partial charge in [-0.15, -0.1) is 11.8 Å². The van der Waals surface area contributed by atoms with Crippen LogP contribution >= 0.6 is 11.8 Å². The Hall–Kier alpha value is -1.97. The van der Waals surface area contributed by atoms with Gasteiger partial charge in [0.05, 0.1) is 17.2 Å². The summed E-state index contributed by atoms with van der Waals surface area (Å²) >= 11 is 1.51. The highest BCUT2D eigenvalue weighted by Gasteiger charge is 2.70. The van der Waals surface area contributed by atoms with Crippen LogP contribution < -0.4 is 5.73 Å². The zero-order valence-electron chi connectivity index (χ0n) is 20.2. The van der Waals surface area contributed by atoms with Crippen LogP contribution in [0.1, 0.15) is 40.0 Å². The van der Waals surface area contributed by atoms with Gasteiger partial charge >= 0.3 is 0 Å². The number of carbonyl (C=O) groups is 1. The smallest absolute Gasteiger partial charge is 0.252 e. The molecule has 1 amide bonds. The lowest BCUT2D eigenvalue weighted by atomic mass is 9.61. The van der Waals surface area contributed by atoms with Crippen molar-refractivity contribution in [2.24, 2.45) is 11.7 Å². The average molecular weight is 487 g/mol. The average Bonchev–Trinajstić information content (AvgIpc) is 3.48. The summed E-state index contributed by atoms with van der Waals surface area (Å²) in [5, 5.41) is 24.3. The van der Waals surface area contributed by atoms with Crippen molar-refractivity contribution in [3.05, 3.63) is 48.2 Å². The fourth-order valence-corrected chi connectivity index (χ4v) is 6.63. The molecular formula is C26H34N2O5S. The number of ether oxygens (including phenoxy) is 2. The number of para-hydroxylation sites is 1. The maximum absolute atomic E-state index is 12.3. The van der Waals surface area contributed by atoms with Crippen LogP contribution in [0.3, 0.4) is 0 Å². The molecule has 4 rings (SSSR count). The van der Waals surface area contributed by atoms with E-state index in [1.807, 2.05) is 51.1 Å². The summed E-state index contributed by atoms with van der Waals surface area (Å²) in [6.45, 7) is 5.97. The molecule has 1 saturated heterocycles. The van der Waals surface area contributed by atoms with Crippen LogP contribution in [0, 0.1) is 5.92 Å². The number of pyridine rings is 1. The number of carbonyl (C=O) groups excluding carboxylic acids is 1. The van der Waals surface area contributed by atoms with Crippen molar-refractivity contribution in [2.45, 2.75) is 73.9 Å². The van der Waals surface area contributed by atoms with Crippen LogP contribution in [0.25, 0.3) is 10.9 Å². The predicted molar refractivity (Wildman–Crippen MR) is 132 cm³/mol. The first kappa shape index (κ1) is 25.1. The first-order valence-corrected chi connectivity index (χ1v) is 12.6. The van der Waals surface area contributed by atoms with Crippen molar-refractivity contribution >= 4 is 28.6 Å². The minimum absolute atomic E-state index is 0.0108. The Bertz CT molecular complexity index is 1100. The largest absolute Gasteiger partial charge is 0.389 e. The van der Waals surface area contributed by atoms with Crippen molar-refractivity contribution in [2.75, 3.05) is 12.9 Å². The second-order valence-corrected chi connectivity index (χ2v) is 11.0. The van der Waals surface area contributed by atoms with Gasteiger partial charge in [0, 0.05) is 35.3 Å². The van der Waals surface area contributed by atoms with Crippen LogP contribution in [0.5, 0.6) is 0 Å². The van der Waals surface area contributed by atoms with E-state index in [4.69, 9.17) is 15.2 Å². The molecule has 7 nitrogen and oxygen atoms in total. The minimum atomic E-state index is -1.88. The minimum Gasteiger partial charge on any atom is -0.389 e. The number of thioether (sulfide) groups is 1. The summed E-state index contributed by atoms with van der Waals surface area (Å²) in [4.78, 5) is 17.8. The van der Waals surface area contributed by atoms with Crippen molar-refractivity contribution in [1.82, 2.24) is 4.98 Å². The molecule has 2 heterocycles. The molecule has 0 radical (unpaired) electrons. The summed E-state index contributed by atoms with van der Waals surface area (Å²) in [6.07, 6.45) is 3.57. The lowest BCUT2D eigenvalue weighted by molar-refractivity contribution is -0.211. The molecule has 2 aliphatic rings. The zero-order valence-corrected chi connectivity index (χ0v) is 21.0. The number of epoxide rings is 1. The van der Waals surface area contributed by atoms with Gasteiger partial charge in [-0.2, -0.15) is 0 Å². The highest BCUT2D eigenvalue weighted by atomic mass is 32.2. The lowest BCUT2D eigenvalue weighted by Gasteiger charge is -2.51. The molecule has 2 aromatic rings. The maximum atomic E-state index is 12.3. The summed E-state index contributed by atoms with van der Waals surface area (Å²) in [7, 11) is 1.44. The van der Waals surface area contributed by atoms with Crippen LogP contribution in [0.4, 0.5) is 0 Å². The first-order chi connectivity index (χ1) is 16.0. The number of amides is 1. The molecule has 0 spiro atoms. The third-order valence-electron chi connectivity index (χ3n) is 7.38. The van der Waals surface area contributed by atoms with Gasteiger partial charge in [-0.05, 0) is 52.2 Å². The zero-order chi connectivity index (χ0) is 24.7. The quantitative estimate of drug-likeness (QED) is 0.298. The Morgan fingerprint density at radius 1 is 1.29 bits per heavy atom. The molecule has 1 aromatic carbocycles. The molecule has 1 aromatic heterocycles. The number of fused-ring (bicyclic) bond motifs is 1. The second kappa shape index (κ2) is 9.24. The summed E-state index contributed by atoms with van der Waals surface area (Å²) in [5.41, 5.74) is 3.75. The number of hydrogen-bond acceptors (Lipinski definition) is 7. The molecule has 2 fully saturated rings. The summed E-state index contributed by atoms with van der Waals surface area (Å²) in [6, 6.07) is 9.87. The van der Waals surface area contributed by atoms with Gasteiger partial charge in [0.15, 0.2) is 5.60 Å². The molecule has 1 aliphatic heterocycles. The SMILES string of the molecule is COC1C(C2(C)OC2CC=C(C)C)C(O)(CSc2cccc3cccnc23)CCC1(O)C(N)=O. The van der Waals surface area contributed by atoms with E-state index >= 15 is 0 Å². The number of nitrogens with zero attached hydrogens (tertiary/aromatic N) is 1. The third-order valence-corrected chi connectivity index (χ3v) is 8.67. The van der Waals surface area contributed by atoms with Crippen molar-refractivity contribution < 1.29 is 24.5 Å². The molecule has 1 aliphatic carbocycles. The normalized spacial score (nSPS) is 35.2. The Kier molecular flexibility index (Phi) is 6.83. The van der Waals surface area contributed by atoms with E-state index in [-0.39, 0.29) is 18.9 Å². The standard InChI is InChI=1S/C26H34N2O5S/c1-16(2)10-11-19-24(3,33-19)21-22(32-4)26(31,23(27)29)13-12-25(21,30)15-34-18-9-5-7-17-8-6-14-28-20(17)18/h5-10,14,19,21-22,30-31H,11-13,15H2,1-4H3,(H2,27,29). The van der Waals surface area contributed by atoms with Crippen LogP contribution in [0.2, 0.25) is 0 Å². The van der Waals surface area contributed by atoms with Gasteiger partial charge in [0.2, 0.25) is 0 Å². The molecule has 4 N–H and O–H groups in total. The number of aromatic nitrogens is 1. The van der Waals surface area contributed by atoms with E-state index in [0.29, 0.717) is 12.2 Å². The number of allylic oxidation sites excluding steroid dienone is 1. The van der Waals surface area contributed by atoms with Crippen molar-refractivity contribution in [3.8, 4) is 0 Å². The van der Waals surface area contributed by atoms with E-state index in [1.54, 1.807) is 6.20 Å². The Labute approximate surface area is 204 Å². The molecule has 8 heteroatoms. The number of rotatable bonds is 8. The summed E-state index contributed by atoms with van der Waals surface area (Å²) in [5.74, 6) is -1.18. The number of nitrogens with two attached hydrogens (primary N) is 1. The number of hydrogen-bond donors (Lipinski definition) is 3. The van der Waals surface area contributed by atoms with Crippen molar-refractivity contribution in [3.63, 3.8) is 0 Å². The van der Waals surface area contributed by atoms with E-state index in [2.05, 4.69) is 11.1 Å². The second-order valence-electron chi connectivity index (χ2n) is 9.95. The highest BCUT2D eigenvalue weighted by molar-refractivity contribution is 7.99. The molecule has 6 unspecified atom stereocenters. The third kappa shape index (κ3) is 4.38. The molecule has 184 valence electrons. The fourth-order valence-electron chi connectivity index (χ4n) is 5.42. The van der Waals surface area contributed by atoms with Gasteiger partial charge in [-0.25, -0.2) is 0 Å². The molecular weight excluding hydrogens is 452 g/mol. The Morgan fingerprint density at radius 3 is 2.71 bits per heavy atom. The van der Waals surface area contributed by atoms with E-state index in [9.17, 15) is 15.0 Å². The van der Waals surface area contributed by atoms with Crippen LogP contribution in [0.15, 0.2) is 53.1 Å². The topological polar surface area (TPSA) is 118 Å². The van der Waals surface area contributed by atoms with E-state index in [1.165, 1.54) is 24.4 Å². The first-order valence-electron chi connectivity index (χ1n) is 11.6. The van der Waals surface area contributed by atoms with E-state index < -0.39 is 34.7 Å². The number of methoxy groups -OCH3 is 1. The molecule has 1 saturated carbocycles. The van der Waals surface area contributed by atoms with Crippen molar-refractivity contribution in [1.29, 1.82) is 0 Å². The van der Waals surface area contributed by atoms with Crippen LogP contribution in [-0.2, 0) is 14.3 Å². The Balaban J connectivity index is 1.67. The van der Waals surface area contributed by atoms with Crippen LogP contribution in [-0.4, -0.2) is 63.0 Å². The molecule has 0 bridgehead atoms. The van der Waals surface area contributed by atoms with E-state index in [0.717, 1.165) is 15.8 Å². The monoisotopic (exact) mass is 486 g/mol. The van der Waals surface area contributed by atoms with Gasteiger partial charge in [-0.3, -0.25) is 9.78 Å². The lowest BCUT2D eigenvalue weighted by Crippen LogP contribution is -2.69. The number of primary amides is 1. The Morgan fingerprint density at radius 2 is 2.03 bits per heavy atom. The number of aliphatic hydroxyl groups is 2. The van der Waals surface area contributed by atoms with Gasteiger partial charge in [-0.1, -0.05) is 29.8 Å². The highest BCUT2D eigenvalue weighted by Crippen LogP contribution is 2.57. The van der Waals surface area contributed by atoms with Gasteiger partial charge in [0.25, 0.3) is 5.91 Å². The maximum Gasteiger partial charge on any atom is 0.252 e. The molecule has 6 atom stereocenters. The van der Waals surface area contributed by atoms with Gasteiger partial charge in [0.1, 0.15) is 11.7 Å². The molecule has 34 heavy (non-hydrogen) atoms. The van der Waals surface area contributed by atoms with Gasteiger partial charge < -0.3 is 25.4 Å². The summed E-state index contributed by atoms with van der Waals surface area (Å²) < 4.78 is 11.9. The number of benzene rings is 1.